The predicted octanol–water partition coefficient (Wildman–Crippen LogP) is 5.31. The van der Waals surface area contributed by atoms with E-state index in [0.717, 1.165) is 34.4 Å². The number of benzene rings is 3. The van der Waals surface area contributed by atoms with Crippen LogP contribution in [0.5, 0.6) is 5.75 Å². The Hall–Kier alpha value is -3.57. The van der Waals surface area contributed by atoms with Gasteiger partial charge in [-0.25, -0.2) is 4.90 Å². The van der Waals surface area contributed by atoms with Gasteiger partial charge in [-0.1, -0.05) is 48.0 Å². The SMILES string of the molecule is COc1ccc(Cl)cc1N1C(=O)C(c2ccc(C)c(C)c2)=C(N2CCc3ccccc32)C1=O. The number of amides is 2. The number of methoxy groups -OCH3 is 1. The third-order valence-electron chi connectivity index (χ3n) is 6.39. The van der Waals surface area contributed by atoms with Gasteiger partial charge in [0.1, 0.15) is 11.4 Å². The standard InChI is InChI=1S/C27H23ClN2O3/c1-16-8-9-19(14-17(16)2)24-25(29-13-12-18-6-4-5-7-21(18)29)27(32)30(26(24)31)22-15-20(28)10-11-23(22)33-3/h4-11,14-15H,12-13H2,1-3H3. The molecular weight excluding hydrogens is 436 g/mol. The number of nitrogens with zero attached hydrogens (tertiary/aromatic N) is 2. The molecular formula is C27H23ClN2O3. The van der Waals surface area contributed by atoms with E-state index in [4.69, 9.17) is 16.3 Å². The summed E-state index contributed by atoms with van der Waals surface area (Å²) in [6.07, 6.45) is 0.807. The Balaban J connectivity index is 1.72. The molecule has 3 aromatic carbocycles. The zero-order valence-corrected chi connectivity index (χ0v) is 19.4. The van der Waals surface area contributed by atoms with E-state index in [-0.39, 0.29) is 11.8 Å². The van der Waals surface area contributed by atoms with Gasteiger partial charge in [-0.15, -0.1) is 0 Å². The van der Waals surface area contributed by atoms with Crippen LogP contribution in [-0.2, 0) is 16.0 Å². The van der Waals surface area contributed by atoms with Gasteiger partial charge in [0.2, 0.25) is 0 Å². The summed E-state index contributed by atoms with van der Waals surface area (Å²) in [7, 11) is 1.51. The third kappa shape index (κ3) is 3.40. The van der Waals surface area contributed by atoms with Crippen LogP contribution in [0.15, 0.2) is 66.4 Å². The number of halogens is 1. The molecule has 2 heterocycles. The van der Waals surface area contributed by atoms with Crippen molar-refractivity contribution in [3.05, 3.63) is 93.6 Å². The van der Waals surface area contributed by atoms with Crippen molar-refractivity contribution >= 4 is 40.4 Å². The van der Waals surface area contributed by atoms with Crippen molar-refractivity contribution in [3.63, 3.8) is 0 Å². The lowest BCUT2D eigenvalue weighted by Crippen LogP contribution is -2.35. The fourth-order valence-corrected chi connectivity index (χ4v) is 4.72. The summed E-state index contributed by atoms with van der Waals surface area (Å²) < 4.78 is 5.47. The molecule has 3 aromatic rings. The van der Waals surface area contributed by atoms with E-state index in [9.17, 15) is 9.59 Å². The molecule has 0 radical (unpaired) electrons. The molecule has 0 atom stereocenters. The highest BCUT2D eigenvalue weighted by atomic mass is 35.5. The van der Waals surface area contributed by atoms with Crippen molar-refractivity contribution in [1.29, 1.82) is 0 Å². The van der Waals surface area contributed by atoms with Crippen LogP contribution in [-0.4, -0.2) is 25.5 Å². The number of imide groups is 1. The lowest BCUT2D eigenvalue weighted by molar-refractivity contribution is -0.120. The van der Waals surface area contributed by atoms with Gasteiger partial charge in [0.15, 0.2) is 0 Å². The van der Waals surface area contributed by atoms with Gasteiger partial charge in [0.05, 0.1) is 18.4 Å². The molecule has 0 unspecified atom stereocenters. The molecule has 0 fully saturated rings. The Morgan fingerprint density at radius 2 is 1.67 bits per heavy atom. The van der Waals surface area contributed by atoms with E-state index in [0.29, 0.717) is 34.3 Å². The van der Waals surface area contributed by atoms with Crippen LogP contribution in [0, 0.1) is 13.8 Å². The van der Waals surface area contributed by atoms with Crippen LogP contribution in [0.4, 0.5) is 11.4 Å². The number of ether oxygens (including phenoxy) is 1. The number of aryl methyl sites for hydroxylation is 2. The minimum atomic E-state index is -0.386. The summed E-state index contributed by atoms with van der Waals surface area (Å²) in [5.41, 5.74) is 6.12. The van der Waals surface area contributed by atoms with Crippen LogP contribution >= 0.6 is 11.6 Å². The molecule has 0 N–H and O–H groups in total. The molecule has 6 heteroatoms. The molecule has 2 aliphatic rings. The van der Waals surface area contributed by atoms with Crippen molar-refractivity contribution in [2.45, 2.75) is 20.3 Å². The first-order valence-electron chi connectivity index (χ1n) is 10.8. The van der Waals surface area contributed by atoms with Crippen molar-refractivity contribution in [2.24, 2.45) is 0 Å². The van der Waals surface area contributed by atoms with Crippen LogP contribution < -0.4 is 14.5 Å². The van der Waals surface area contributed by atoms with Gasteiger partial charge in [0, 0.05) is 17.3 Å². The maximum atomic E-state index is 13.9. The summed E-state index contributed by atoms with van der Waals surface area (Å²) in [6, 6.07) is 18.8. The Bertz CT molecular complexity index is 1340. The number of hydrogen-bond donors (Lipinski definition) is 0. The molecule has 33 heavy (non-hydrogen) atoms. The van der Waals surface area contributed by atoms with Crippen LogP contribution in [0.1, 0.15) is 22.3 Å². The highest BCUT2D eigenvalue weighted by molar-refractivity contribution is 6.47. The maximum absolute atomic E-state index is 13.9. The molecule has 0 aromatic heterocycles. The van der Waals surface area contributed by atoms with Crippen molar-refractivity contribution < 1.29 is 14.3 Å². The molecule has 0 bridgehead atoms. The number of carbonyl (C=O) groups is 2. The molecule has 5 rings (SSSR count). The fourth-order valence-electron chi connectivity index (χ4n) is 4.55. The first kappa shape index (κ1) is 21.3. The smallest absolute Gasteiger partial charge is 0.282 e. The minimum Gasteiger partial charge on any atom is -0.495 e. The number of fused-ring (bicyclic) bond motifs is 1. The first-order valence-corrected chi connectivity index (χ1v) is 11.2. The Morgan fingerprint density at radius 3 is 2.42 bits per heavy atom. The molecule has 0 saturated heterocycles. The fraction of sp³-hybridized carbons (Fsp3) is 0.185. The van der Waals surface area contributed by atoms with Gasteiger partial charge in [-0.3, -0.25) is 9.59 Å². The zero-order valence-electron chi connectivity index (χ0n) is 18.7. The number of rotatable bonds is 4. The number of carbonyl (C=O) groups excluding carboxylic acids is 2. The van der Waals surface area contributed by atoms with Crippen LogP contribution in [0.25, 0.3) is 5.57 Å². The van der Waals surface area contributed by atoms with E-state index < -0.39 is 0 Å². The highest BCUT2D eigenvalue weighted by Crippen LogP contribution is 2.43. The maximum Gasteiger partial charge on any atom is 0.282 e. The summed E-state index contributed by atoms with van der Waals surface area (Å²) in [4.78, 5) is 31.0. The summed E-state index contributed by atoms with van der Waals surface area (Å²) in [5, 5.41) is 0.416. The summed E-state index contributed by atoms with van der Waals surface area (Å²) in [6.45, 7) is 4.65. The largest absolute Gasteiger partial charge is 0.495 e. The molecule has 0 saturated carbocycles. The molecule has 5 nitrogen and oxygen atoms in total. The second-order valence-corrected chi connectivity index (χ2v) is 8.75. The normalized spacial score (nSPS) is 15.5. The number of anilines is 2. The Kier molecular flexibility index (Phi) is 5.22. The summed E-state index contributed by atoms with van der Waals surface area (Å²) >= 11 is 6.24. The number of hydrogen-bond acceptors (Lipinski definition) is 4. The topological polar surface area (TPSA) is 49.9 Å². The average Bonchev–Trinajstić information content (AvgIpc) is 3.33. The van der Waals surface area contributed by atoms with Crippen LogP contribution in [0.3, 0.4) is 0 Å². The van der Waals surface area contributed by atoms with Crippen molar-refractivity contribution in [1.82, 2.24) is 0 Å². The van der Waals surface area contributed by atoms with Gasteiger partial charge >= 0.3 is 0 Å². The zero-order chi connectivity index (χ0) is 23.3. The van der Waals surface area contributed by atoms with Gasteiger partial charge in [-0.2, -0.15) is 0 Å². The first-order chi connectivity index (χ1) is 15.9. The second kappa shape index (κ2) is 8.09. The number of para-hydroxylation sites is 1. The molecule has 0 spiro atoms. The highest BCUT2D eigenvalue weighted by Gasteiger charge is 2.45. The Morgan fingerprint density at radius 1 is 0.879 bits per heavy atom. The summed E-state index contributed by atoms with van der Waals surface area (Å²) in [5.74, 6) is -0.364. The van der Waals surface area contributed by atoms with Gasteiger partial charge in [0.25, 0.3) is 11.8 Å². The van der Waals surface area contributed by atoms with E-state index >= 15 is 0 Å². The minimum absolute atomic E-state index is 0.337. The van der Waals surface area contributed by atoms with Crippen molar-refractivity contribution in [2.75, 3.05) is 23.5 Å². The molecule has 2 aliphatic heterocycles. The van der Waals surface area contributed by atoms with Crippen molar-refractivity contribution in [3.8, 4) is 5.75 Å². The molecule has 166 valence electrons. The van der Waals surface area contributed by atoms with E-state index in [1.807, 2.05) is 55.1 Å². The molecule has 2 amide bonds. The van der Waals surface area contributed by atoms with Gasteiger partial charge < -0.3 is 9.64 Å². The second-order valence-electron chi connectivity index (χ2n) is 8.31. The van der Waals surface area contributed by atoms with E-state index in [2.05, 4.69) is 6.07 Å². The lowest BCUT2D eigenvalue weighted by Gasteiger charge is -2.22. The predicted molar refractivity (Wildman–Crippen MR) is 131 cm³/mol. The lowest BCUT2D eigenvalue weighted by atomic mass is 9.99. The third-order valence-corrected chi connectivity index (χ3v) is 6.63. The van der Waals surface area contributed by atoms with Crippen LogP contribution in [0.2, 0.25) is 5.02 Å². The molecule has 0 aliphatic carbocycles. The van der Waals surface area contributed by atoms with E-state index in [1.165, 1.54) is 12.0 Å². The monoisotopic (exact) mass is 458 g/mol. The average molecular weight is 459 g/mol. The van der Waals surface area contributed by atoms with E-state index in [1.54, 1.807) is 18.2 Å². The Labute approximate surface area is 197 Å². The quantitative estimate of drug-likeness (QED) is 0.497. The van der Waals surface area contributed by atoms with Gasteiger partial charge in [-0.05, 0) is 66.8 Å².